The highest BCUT2D eigenvalue weighted by Crippen LogP contribution is 2.20. The summed E-state index contributed by atoms with van der Waals surface area (Å²) in [5.74, 6) is 0.494. The highest BCUT2D eigenvalue weighted by molar-refractivity contribution is 7.13. The number of para-hydroxylation sites is 1. The Morgan fingerprint density at radius 2 is 2.00 bits per heavy atom. The van der Waals surface area contributed by atoms with Crippen molar-refractivity contribution in [2.45, 2.75) is 33.6 Å². The first-order chi connectivity index (χ1) is 12.5. The lowest BCUT2D eigenvalue weighted by Gasteiger charge is -2.03. The lowest BCUT2D eigenvalue weighted by molar-refractivity contribution is 0.0957. The van der Waals surface area contributed by atoms with Crippen LogP contribution in [0.3, 0.4) is 0 Å². The highest BCUT2D eigenvalue weighted by atomic mass is 32.1. The fourth-order valence-electron chi connectivity index (χ4n) is 2.70. The van der Waals surface area contributed by atoms with Crippen LogP contribution in [0.25, 0.3) is 5.69 Å². The van der Waals surface area contributed by atoms with Crippen molar-refractivity contribution >= 4 is 17.2 Å². The Hall–Kier alpha value is -2.47. The molecule has 0 radical (unpaired) electrons. The summed E-state index contributed by atoms with van der Waals surface area (Å²) < 4.78 is 1.85. The second-order valence-corrected chi connectivity index (χ2v) is 7.80. The van der Waals surface area contributed by atoms with Crippen LogP contribution in [0.4, 0.5) is 0 Å². The third-order valence-corrected chi connectivity index (χ3v) is 5.14. The summed E-state index contributed by atoms with van der Waals surface area (Å²) in [6, 6.07) is 12.0. The SMILES string of the molecule is Cc1nc(CC(C)C)sc1C(=O)NCCc1ccn(-c2ccccc2)n1. The molecule has 0 fully saturated rings. The molecule has 0 saturated carbocycles. The third-order valence-electron chi connectivity index (χ3n) is 3.96. The van der Waals surface area contributed by atoms with Gasteiger partial charge in [-0.15, -0.1) is 11.3 Å². The number of carbonyl (C=O) groups excluding carboxylic acids is 1. The topological polar surface area (TPSA) is 59.8 Å². The van der Waals surface area contributed by atoms with Gasteiger partial charge in [-0.3, -0.25) is 4.79 Å². The first-order valence-corrected chi connectivity index (χ1v) is 9.69. The molecule has 3 aromatic rings. The Kier molecular flexibility index (Phi) is 5.83. The average molecular weight is 369 g/mol. The molecular weight excluding hydrogens is 344 g/mol. The maximum absolute atomic E-state index is 12.4. The molecule has 136 valence electrons. The van der Waals surface area contributed by atoms with Crippen molar-refractivity contribution in [2.24, 2.45) is 5.92 Å². The molecule has 6 heteroatoms. The lowest BCUT2D eigenvalue weighted by Crippen LogP contribution is -2.25. The van der Waals surface area contributed by atoms with E-state index >= 15 is 0 Å². The van der Waals surface area contributed by atoms with Gasteiger partial charge in [0.25, 0.3) is 5.91 Å². The molecule has 0 atom stereocenters. The van der Waals surface area contributed by atoms with E-state index in [4.69, 9.17) is 0 Å². The monoisotopic (exact) mass is 368 g/mol. The normalized spacial score (nSPS) is 11.1. The second kappa shape index (κ2) is 8.27. The number of aromatic nitrogens is 3. The number of amides is 1. The van der Waals surface area contributed by atoms with Crippen LogP contribution in [0.2, 0.25) is 0 Å². The average Bonchev–Trinajstić information content (AvgIpc) is 3.22. The molecule has 2 heterocycles. The molecule has 0 aliphatic heterocycles. The molecule has 0 aliphatic rings. The van der Waals surface area contributed by atoms with E-state index in [-0.39, 0.29) is 5.91 Å². The van der Waals surface area contributed by atoms with Crippen molar-refractivity contribution in [2.75, 3.05) is 6.54 Å². The van der Waals surface area contributed by atoms with Crippen molar-refractivity contribution < 1.29 is 4.79 Å². The summed E-state index contributed by atoms with van der Waals surface area (Å²) in [7, 11) is 0. The van der Waals surface area contributed by atoms with Gasteiger partial charge in [0.15, 0.2) is 0 Å². The maximum Gasteiger partial charge on any atom is 0.263 e. The number of hydrogen-bond donors (Lipinski definition) is 1. The van der Waals surface area contributed by atoms with Crippen molar-refractivity contribution in [3.05, 3.63) is 63.9 Å². The fraction of sp³-hybridized carbons (Fsp3) is 0.350. The zero-order valence-corrected chi connectivity index (χ0v) is 16.2. The molecule has 0 bridgehead atoms. The second-order valence-electron chi connectivity index (χ2n) is 6.71. The van der Waals surface area contributed by atoms with E-state index in [1.54, 1.807) is 0 Å². The van der Waals surface area contributed by atoms with Crippen molar-refractivity contribution in [1.82, 2.24) is 20.1 Å². The van der Waals surface area contributed by atoms with Gasteiger partial charge in [-0.25, -0.2) is 9.67 Å². The van der Waals surface area contributed by atoms with Crippen molar-refractivity contribution in [1.29, 1.82) is 0 Å². The van der Waals surface area contributed by atoms with Crippen molar-refractivity contribution in [3.8, 4) is 5.69 Å². The van der Waals surface area contributed by atoms with Gasteiger partial charge in [-0.1, -0.05) is 32.0 Å². The quantitative estimate of drug-likeness (QED) is 0.690. The van der Waals surface area contributed by atoms with Crippen LogP contribution in [0, 0.1) is 12.8 Å². The van der Waals surface area contributed by atoms with Gasteiger partial charge >= 0.3 is 0 Å². The molecule has 0 saturated heterocycles. The van der Waals surface area contributed by atoms with Crippen LogP contribution in [-0.2, 0) is 12.8 Å². The van der Waals surface area contributed by atoms with Gasteiger partial charge in [0, 0.05) is 25.6 Å². The van der Waals surface area contributed by atoms with E-state index in [1.165, 1.54) is 11.3 Å². The predicted molar refractivity (Wildman–Crippen MR) is 105 cm³/mol. The molecule has 26 heavy (non-hydrogen) atoms. The molecule has 3 rings (SSSR count). The maximum atomic E-state index is 12.4. The lowest BCUT2D eigenvalue weighted by atomic mass is 10.1. The number of carbonyl (C=O) groups is 1. The predicted octanol–water partition coefficient (Wildman–Crippen LogP) is 3.81. The summed E-state index contributed by atoms with van der Waals surface area (Å²) in [6.45, 7) is 6.77. The van der Waals surface area contributed by atoms with E-state index in [1.807, 2.05) is 54.2 Å². The zero-order valence-electron chi connectivity index (χ0n) is 15.4. The van der Waals surface area contributed by atoms with Crippen LogP contribution in [0.1, 0.15) is 39.9 Å². The zero-order chi connectivity index (χ0) is 18.5. The summed E-state index contributed by atoms with van der Waals surface area (Å²) in [5.41, 5.74) is 2.80. The number of aryl methyl sites for hydroxylation is 1. The van der Waals surface area contributed by atoms with Crippen molar-refractivity contribution in [3.63, 3.8) is 0 Å². The molecule has 1 aromatic carbocycles. The van der Waals surface area contributed by atoms with Gasteiger partial charge in [-0.2, -0.15) is 5.10 Å². The summed E-state index contributed by atoms with van der Waals surface area (Å²) in [6.07, 6.45) is 3.55. The fourth-order valence-corrected chi connectivity index (χ4v) is 3.90. The molecule has 0 spiro atoms. The minimum atomic E-state index is -0.0440. The Bertz CT molecular complexity index is 867. The van der Waals surface area contributed by atoms with Crippen LogP contribution < -0.4 is 5.32 Å². The first-order valence-electron chi connectivity index (χ1n) is 8.87. The summed E-state index contributed by atoms with van der Waals surface area (Å²) >= 11 is 1.50. The van der Waals surface area contributed by atoms with E-state index in [2.05, 4.69) is 29.2 Å². The van der Waals surface area contributed by atoms with Gasteiger partial charge in [0.1, 0.15) is 4.88 Å². The summed E-state index contributed by atoms with van der Waals surface area (Å²) in [5, 5.41) is 8.58. The smallest absolute Gasteiger partial charge is 0.263 e. The Labute approximate surface area is 158 Å². The Morgan fingerprint density at radius 1 is 1.23 bits per heavy atom. The van der Waals surface area contributed by atoms with E-state index < -0.39 is 0 Å². The number of thiazole rings is 1. The summed E-state index contributed by atoms with van der Waals surface area (Å²) in [4.78, 5) is 17.7. The number of benzene rings is 1. The molecule has 0 unspecified atom stereocenters. The highest BCUT2D eigenvalue weighted by Gasteiger charge is 2.15. The number of nitrogens with zero attached hydrogens (tertiary/aromatic N) is 3. The standard InChI is InChI=1S/C20H24N4OS/c1-14(2)13-18-22-15(3)19(26-18)20(25)21-11-9-16-10-12-24(23-16)17-7-5-4-6-8-17/h4-8,10,12,14H,9,11,13H2,1-3H3,(H,21,25). The minimum absolute atomic E-state index is 0.0440. The van der Waals surface area contributed by atoms with Gasteiger partial charge in [-0.05, 0) is 31.0 Å². The Balaban J connectivity index is 1.54. The van der Waals surface area contributed by atoms with Gasteiger partial charge < -0.3 is 5.32 Å². The number of rotatable bonds is 7. The Morgan fingerprint density at radius 3 is 2.73 bits per heavy atom. The largest absolute Gasteiger partial charge is 0.351 e. The molecule has 5 nitrogen and oxygen atoms in total. The van der Waals surface area contributed by atoms with Gasteiger partial charge in [0.05, 0.1) is 22.1 Å². The molecular formula is C20H24N4OS. The number of hydrogen-bond acceptors (Lipinski definition) is 4. The molecule has 0 aliphatic carbocycles. The van der Waals surface area contributed by atoms with Crippen LogP contribution in [0.5, 0.6) is 0 Å². The minimum Gasteiger partial charge on any atom is -0.351 e. The van der Waals surface area contributed by atoms with Crippen LogP contribution in [0.15, 0.2) is 42.6 Å². The third kappa shape index (κ3) is 4.58. The van der Waals surface area contributed by atoms with Crippen LogP contribution in [-0.4, -0.2) is 27.2 Å². The number of nitrogens with one attached hydrogen (secondary N) is 1. The van der Waals surface area contributed by atoms with E-state index in [0.29, 0.717) is 18.9 Å². The molecule has 1 N–H and O–H groups in total. The van der Waals surface area contributed by atoms with Crippen LogP contribution >= 0.6 is 11.3 Å². The first kappa shape index (κ1) is 18.3. The van der Waals surface area contributed by atoms with E-state index in [9.17, 15) is 4.79 Å². The molecule has 2 aromatic heterocycles. The van der Waals surface area contributed by atoms with E-state index in [0.717, 1.165) is 33.4 Å². The molecule has 1 amide bonds. The van der Waals surface area contributed by atoms with Gasteiger partial charge in [0.2, 0.25) is 0 Å².